The Morgan fingerprint density at radius 3 is 3.10 bits per heavy atom. The monoisotopic (exact) mass is 295 g/mol. The molecule has 1 saturated carbocycles. The fourth-order valence-corrected chi connectivity index (χ4v) is 2.66. The van der Waals surface area contributed by atoms with E-state index in [2.05, 4.69) is 21.4 Å². The summed E-state index contributed by atoms with van der Waals surface area (Å²) in [6, 6.07) is 2.25. The molecule has 0 aliphatic heterocycles. The van der Waals surface area contributed by atoms with Crippen molar-refractivity contribution in [1.82, 2.24) is 9.97 Å². The van der Waals surface area contributed by atoms with Gasteiger partial charge in [0.15, 0.2) is 0 Å². The highest BCUT2D eigenvalue weighted by atomic mass is 35.5. The third-order valence-electron chi connectivity index (χ3n) is 3.44. The standard InChI is InChI=1S/C12H14ClN5O2/c13-12-15-7-10(18(19)20)11(17-12)16-9-3-1-2-8(6-9)4-5-14/h7-9H,1-4,6H2,(H,15,16,17). The number of halogens is 1. The average molecular weight is 296 g/mol. The SMILES string of the molecule is N#CCC1CCCC(Nc2nc(Cl)ncc2[N+](=O)[O-])C1. The highest BCUT2D eigenvalue weighted by Crippen LogP contribution is 2.30. The van der Waals surface area contributed by atoms with Gasteiger partial charge < -0.3 is 5.32 Å². The molecule has 8 heteroatoms. The molecule has 1 aromatic heterocycles. The lowest BCUT2D eigenvalue weighted by atomic mass is 9.84. The van der Waals surface area contributed by atoms with Gasteiger partial charge in [-0.15, -0.1) is 0 Å². The number of nitro groups is 1. The average Bonchev–Trinajstić information content (AvgIpc) is 2.39. The summed E-state index contributed by atoms with van der Waals surface area (Å²) in [6.45, 7) is 0. The topological polar surface area (TPSA) is 105 Å². The fraction of sp³-hybridized carbons (Fsp3) is 0.583. The van der Waals surface area contributed by atoms with E-state index in [9.17, 15) is 10.1 Å². The Hall–Kier alpha value is -1.94. The molecule has 0 saturated heterocycles. The number of nitrogens with one attached hydrogen (secondary N) is 1. The normalized spacial score (nSPS) is 22.0. The Bertz CT molecular complexity index is 545. The predicted molar refractivity (Wildman–Crippen MR) is 73.3 cm³/mol. The predicted octanol–water partition coefficient (Wildman–Crippen LogP) is 2.92. The van der Waals surface area contributed by atoms with Gasteiger partial charge in [-0.2, -0.15) is 10.2 Å². The van der Waals surface area contributed by atoms with Crippen molar-refractivity contribution in [2.45, 2.75) is 38.1 Å². The zero-order valence-electron chi connectivity index (χ0n) is 10.8. The molecule has 0 radical (unpaired) electrons. The summed E-state index contributed by atoms with van der Waals surface area (Å²) in [6.07, 6.45) is 5.36. The van der Waals surface area contributed by atoms with E-state index in [1.165, 1.54) is 0 Å². The summed E-state index contributed by atoms with van der Waals surface area (Å²) in [4.78, 5) is 17.9. The van der Waals surface area contributed by atoms with Crippen LogP contribution in [-0.4, -0.2) is 20.9 Å². The summed E-state index contributed by atoms with van der Waals surface area (Å²) in [5.74, 6) is 0.486. The van der Waals surface area contributed by atoms with Gasteiger partial charge in [0.05, 0.1) is 11.0 Å². The molecule has 7 nitrogen and oxygen atoms in total. The second-order valence-electron chi connectivity index (χ2n) is 4.87. The van der Waals surface area contributed by atoms with Crippen molar-refractivity contribution >= 4 is 23.1 Å². The smallest absolute Gasteiger partial charge is 0.329 e. The van der Waals surface area contributed by atoms with Crippen LogP contribution in [0.25, 0.3) is 0 Å². The van der Waals surface area contributed by atoms with Crippen LogP contribution in [0.1, 0.15) is 32.1 Å². The van der Waals surface area contributed by atoms with Gasteiger partial charge in [-0.3, -0.25) is 10.1 Å². The van der Waals surface area contributed by atoms with Crippen LogP contribution in [0.5, 0.6) is 0 Å². The Balaban J connectivity index is 2.11. The maximum atomic E-state index is 10.9. The molecule has 0 spiro atoms. The van der Waals surface area contributed by atoms with Crippen LogP contribution >= 0.6 is 11.6 Å². The number of nitrogens with zero attached hydrogens (tertiary/aromatic N) is 4. The summed E-state index contributed by atoms with van der Waals surface area (Å²) < 4.78 is 0. The van der Waals surface area contributed by atoms with Crippen molar-refractivity contribution in [2.24, 2.45) is 5.92 Å². The minimum atomic E-state index is -0.533. The molecule has 20 heavy (non-hydrogen) atoms. The molecular weight excluding hydrogens is 282 g/mol. The Kier molecular flexibility index (Phi) is 4.69. The van der Waals surface area contributed by atoms with E-state index in [1.807, 2.05) is 0 Å². The van der Waals surface area contributed by atoms with Crippen LogP contribution in [0.3, 0.4) is 0 Å². The lowest BCUT2D eigenvalue weighted by Gasteiger charge is -2.28. The second kappa shape index (κ2) is 6.48. The van der Waals surface area contributed by atoms with E-state index in [0.717, 1.165) is 31.9 Å². The Morgan fingerprint density at radius 1 is 1.60 bits per heavy atom. The van der Waals surface area contributed by atoms with Crippen molar-refractivity contribution in [3.8, 4) is 6.07 Å². The number of hydrogen-bond acceptors (Lipinski definition) is 6. The van der Waals surface area contributed by atoms with Crippen LogP contribution < -0.4 is 5.32 Å². The Morgan fingerprint density at radius 2 is 2.40 bits per heavy atom. The summed E-state index contributed by atoms with van der Waals surface area (Å²) in [7, 11) is 0. The van der Waals surface area contributed by atoms with Crippen molar-refractivity contribution in [1.29, 1.82) is 5.26 Å². The minimum Gasteiger partial charge on any atom is -0.361 e. The zero-order valence-corrected chi connectivity index (χ0v) is 11.5. The maximum Gasteiger partial charge on any atom is 0.329 e. The third-order valence-corrected chi connectivity index (χ3v) is 3.62. The van der Waals surface area contributed by atoms with Gasteiger partial charge in [-0.05, 0) is 36.8 Å². The van der Waals surface area contributed by atoms with Gasteiger partial charge in [0.25, 0.3) is 0 Å². The zero-order chi connectivity index (χ0) is 14.5. The molecule has 2 rings (SSSR count). The van der Waals surface area contributed by atoms with Crippen molar-refractivity contribution in [2.75, 3.05) is 5.32 Å². The van der Waals surface area contributed by atoms with Gasteiger partial charge in [-0.25, -0.2) is 4.98 Å². The molecule has 1 aromatic rings. The van der Waals surface area contributed by atoms with Crippen LogP contribution in [0, 0.1) is 27.4 Å². The molecule has 0 amide bonds. The molecule has 0 aromatic carbocycles. The quantitative estimate of drug-likeness (QED) is 0.520. The first kappa shape index (κ1) is 14.5. The first-order chi connectivity index (χ1) is 9.60. The van der Waals surface area contributed by atoms with E-state index >= 15 is 0 Å². The molecule has 1 N–H and O–H groups in total. The van der Waals surface area contributed by atoms with Crippen molar-refractivity contribution in [3.05, 3.63) is 21.6 Å². The first-order valence-electron chi connectivity index (χ1n) is 6.40. The van der Waals surface area contributed by atoms with Crippen molar-refractivity contribution in [3.63, 3.8) is 0 Å². The maximum absolute atomic E-state index is 10.9. The molecule has 1 aliphatic rings. The number of hydrogen-bond donors (Lipinski definition) is 1. The highest BCUT2D eigenvalue weighted by Gasteiger charge is 2.25. The van der Waals surface area contributed by atoms with E-state index in [0.29, 0.717) is 12.3 Å². The molecule has 2 unspecified atom stereocenters. The molecule has 1 fully saturated rings. The van der Waals surface area contributed by atoms with Crippen LogP contribution in [0.15, 0.2) is 6.20 Å². The summed E-state index contributed by atoms with van der Waals surface area (Å²) >= 11 is 5.69. The summed E-state index contributed by atoms with van der Waals surface area (Å²) in [5, 5.41) is 22.7. The van der Waals surface area contributed by atoms with Gasteiger partial charge in [0.2, 0.25) is 11.1 Å². The van der Waals surface area contributed by atoms with Gasteiger partial charge in [0.1, 0.15) is 6.20 Å². The van der Waals surface area contributed by atoms with E-state index in [4.69, 9.17) is 16.9 Å². The largest absolute Gasteiger partial charge is 0.361 e. The molecule has 106 valence electrons. The van der Waals surface area contributed by atoms with Crippen LogP contribution in [0.2, 0.25) is 5.28 Å². The minimum absolute atomic E-state index is 0.0255. The first-order valence-corrected chi connectivity index (χ1v) is 6.78. The third kappa shape index (κ3) is 3.54. The molecule has 1 aliphatic carbocycles. The summed E-state index contributed by atoms with van der Waals surface area (Å²) in [5.41, 5.74) is -0.184. The van der Waals surface area contributed by atoms with Gasteiger partial charge in [-0.1, -0.05) is 6.42 Å². The molecule has 2 atom stereocenters. The second-order valence-corrected chi connectivity index (χ2v) is 5.20. The van der Waals surface area contributed by atoms with Gasteiger partial charge >= 0.3 is 5.69 Å². The Labute approximate surface area is 121 Å². The van der Waals surface area contributed by atoms with E-state index in [-0.39, 0.29) is 22.8 Å². The number of aromatic nitrogens is 2. The van der Waals surface area contributed by atoms with E-state index < -0.39 is 4.92 Å². The van der Waals surface area contributed by atoms with Crippen LogP contribution in [-0.2, 0) is 0 Å². The van der Waals surface area contributed by atoms with Gasteiger partial charge in [0, 0.05) is 12.5 Å². The van der Waals surface area contributed by atoms with Crippen LogP contribution in [0.4, 0.5) is 11.5 Å². The fourth-order valence-electron chi connectivity index (χ4n) is 2.52. The number of nitriles is 1. The highest BCUT2D eigenvalue weighted by molar-refractivity contribution is 6.28. The number of rotatable bonds is 4. The molecule has 0 bridgehead atoms. The lowest BCUT2D eigenvalue weighted by Crippen LogP contribution is -2.28. The van der Waals surface area contributed by atoms with E-state index in [1.54, 1.807) is 0 Å². The molecular formula is C12H14ClN5O2. The number of anilines is 1. The lowest BCUT2D eigenvalue weighted by molar-refractivity contribution is -0.384. The molecule has 1 heterocycles. The van der Waals surface area contributed by atoms with Crippen molar-refractivity contribution < 1.29 is 4.92 Å².